The first-order valence-corrected chi connectivity index (χ1v) is 6.93. The topological polar surface area (TPSA) is 66.4 Å². The van der Waals surface area contributed by atoms with Gasteiger partial charge in [0.2, 0.25) is 5.91 Å². The molecule has 1 aromatic carbocycles. The van der Waals surface area contributed by atoms with Gasteiger partial charge in [0, 0.05) is 0 Å². The number of amides is 1. The molecule has 4 heteroatoms. The first-order valence-electron chi connectivity index (χ1n) is 6.93. The second-order valence-corrected chi connectivity index (χ2v) is 5.63. The summed E-state index contributed by atoms with van der Waals surface area (Å²) < 4.78 is 0. The van der Waals surface area contributed by atoms with Crippen molar-refractivity contribution in [3.05, 3.63) is 35.4 Å². The third-order valence-electron chi connectivity index (χ3n) is 3.25. The van der Waals surface area contributed by atoms with Gasteiger partial charge in [0.05, 0.1) is 5.92 Å². The van der Waals surface area contributed by atoms with Crippen LogP contribution in [0.25, 0.3) is 0 Å². The molecule has 0 spiro atoms. The van der Waals surface area contributed by atoms with Crippen molar-refractivity contribution >= 4 is 11.9 Å². The molecule has 20 heavy (non-hydrogen) atoms. The van der Waals surface area contributed by atoms with Crippen LogP contribution in [0.3, 0.4) is 0 Å². The van der Waals surface area contributed by atoms with E-state index in [1.807, 2.05) is 24.3 Å². The van der Waals surface area contributed by atoms with E-state index >= 15 is 0 Å². The lowest BCUT2D eigenvalue weighted by atomic mass is 9.96. The number of carbonyl (C=O) groups is 2. The van der Waals surface area contributed by atoms with Crippen molar-refractivity contribution in [2.75, 3.05) is 0 Å². The van der Waals surface area contributed by atoms with Gasteiger partial charge in [-0.05, 0) is 37.3 Å². The van der Waals surface area contributed by atoms with Gasteiger partial charge in [-0.3, -0.25) is 9.59 Å². The highest BCUT2D eigenvalue weighted by atomic mass is 16.4. The molecule has 0 saturated heterocycles. The molecule has 0 aliphatic rings. The van der Waals surface area contributed by atoms with Gasteiger partial charge >= 0.3 is 5.97 Å². The van der Waals surface area contributed by atoms with Crippen LogP contribution in [0.2, 0.25) is 0 Å². The average molecular weight is 277 g/mol. The van der Waals surface area contributed by atoms with Crippen molar-refractivity contribution in [2.45, 2.75) is 46.1 Å². The maximum Gasteiger partial charge on any atom is 0.325 e. The standard InChI is InChI=1S/C16H23NO3/c1-10(2)9-13-5-7-14(8-6-13)11(3)15(18)17-12(4)16(19)20/h5-8,10-12H,9H2,1-4H3,(H,17,18)(H,19,20)/t11-,12?/m0/s1. The SMILES string of the molecule is CC(C)Cc1ccc([C@H](C)C(=O)NC(C)C(=O)O)cc1. The van der Waals surface area contributed by atoms with Gasteiger partial charge in [0.1, 0.15) is 6.04 Å². The van der Waals surface area contributed by atoms with Crippen LogP contribution in [0.4, 0.5) is 0 Å². The predicted molar refractivity (Wildman–Crippen MR) is 78.6 cm³/mol. The second kappa shape index (κ2) is 7.08. The van der Waals surface area contributed by atoms with E-state index in [0.29, 0.717) is 5.92 Å². The van der Waals surface area contributed by atoms with Crippen molar-refractivity contribution in [3.8, 4) is 0 Å². The Labute approximate surface area is 120 Å². The van der Waals surface area contributed by atoms with Crippen LogP contribution in [0.15, 0.2) is 24.3 Å². The third kappa shape index (κ3) is 4.68. The number of carboxylic acid groups (broad SMARTS) is 1. The van der Waals surface area contributed by atoms with Crippen molar-refractivity contribution in [1.82, 2.24) is 5.32 Å². The molecule has 110 valence electrons. The highest BCUT2D eigenvalue weighted by molar-refractivity contribution is 5.87. The monoisotopic (exact) mass is 277 g/mol. The number of carboxylic acids is 1. The quantitative estimate of drug-likeness (QED) is 0.840. The summed E-state index contributed by atoms with van der Waals surface area (Å²) in [5.74, 6) is -1.06. The number of nitrogens with one attached hydrogen (secondary N) is 1. The maximum atomic E-state index is 11.9. The Morgan fingerprint density at radius 3 is 2.10 bits per heavy atom. The van der Waals surface area contributed by atoms with Crippen LogP contribution >= 0.6 is 0 Å². The van der Waals surface area contributed by atoms with Gasteiger partial charge in [-0.15, -0.1) is 0 Å². The van der Waals surface area contributed by atoms with E-state index in [9.17, 15) is 9.59 Å². The minimum absolute atomic E-state index is 0.267. The van der Waals surface area contributed by atoms with Crippen LogP contribution in [0.1, 0.15) is 44.7 Å². The Balaban J connectivity index is 2.69. The van der Waals surface area contributed by atoms with Crippen molar-refractivity contribution in [2.24, 2.45) is 5.92 Å². The zero-order valence-electron chi connectivity index (χ0n) is 12.5. The van der Waals surface area contributed by atoms with Crippen LogP contribution in [-0.2, 0) is 16.0 Å². The molecule has 2 atom stereocenters. The van der Waals surface area contributed by atoms with E-state index in [1.165, 1.54) is 12.5 Å². The predicted octanol–water partition coefficient (Wildman–Crippen LogP) is 2.58. The van der Waals surface area contributed by atoms with Gasteiger partial charge in [0.15, 0.2) is 0 Å². The summed E-state index contributed by atoms with van der Waals surface area (Å²) in [6.45, 7) is 7.56. The fourth-order valence-corrected chi connectivity index (χ4v) is 1.97. The molecule has 2 N–H and O–H groups in total. The highest BCUT2D eigenvalue weighted by Crippen LogP contribution is 2.17. The molecular weight excluding hydrogens is 254 g/mol. The molecule has 1 unspecified atom stereocenters. The van der Waals surface area contributed by atoms with E-state index in [2.05, 4.69) is 19.2 Å². The minimum Gasteiger partial charge on any atom is -0.480 e. The molecule has 4 nitrogen and oxygen atoms in total. The Morgan fingerprint density at radius 2 is 1.65 bits per heavy atom. The average Bonchev–Trinajstić information content (AvgIpc) is 2.37. The summed E-state index contributed by atoms with van der Waals surface area (Å²) in [7, 11) is 0. The molecule has 0 heterocycles. The number of hydrogen-bond acceptors (Lipinski definition) is 2. The molecular formula is C16H23NO3. The maximum absolute atomic E-state index is 11.9. The largest absolute Gasteiger partial charge is 0.480 e. The highest BCUT2D eigenvalue weighted by Gasteiger charge is 2.20. The fraction of sp³-hybridized carbons (Fsp3) is 0.500. The third-order valence-corrected chi connectivity index (χ3v) is 3.25. The van der Waals surface area contributed by atoms with Crippen molar-refractivity contribution in [3.63, 3.8) is 0 Å². The lowest BCUT2D eigenvalue weighted by Gasteiger charge is -2.15. The number of aliphatic carboxylic acids is 1. The second-order valence-electron chi connectivity index (χ2n) is 5.63. The molecule has 0 aliphatic carbocycles. The Morgan fingerprint density at radius 1 is 1.10 bits per heavy atom. The van der Waals surface area contributed by atoms with Gasteiger partial charge in [-0.2, -0.15) is 0 Å². The Hall–Kier alpha value is -1.84. The lowest BCUT2D eigenvalue weighted by molar-refractivity contribution is -0.141. The zero-order chi connectivity index (χ0) is 15.3. The van der Waals surface area contributed by atoms with Crippen molar-refractivity contribution in [1.29, 1.82) is 0 Å². The molecule has 0 radical (unpaired) electrons. The lowest BCUT2D eigenvalue weighted by Crippen LogP contribution is -2.40. The number of hydrogen-bond donors (Lipinski definition) is 2. The van der Waals surface area contributed by atoms with E-state index in [-0.39, 0.29) is 11.8 Å². The van der Waals surface area contributed by atoms with Gasteiger partial charge in [0.25, 0.3) is 0 Å². The molecule has 1 rings (SSSR count). The summed E-state index contributed by atoms with van der Waals surface area (Å²) >= 11 is 0. The van der Waals surface area contributed by atoms with E-state index in [0.717, 1.165) is 12.0 Å². The first-order chi connectivity index (χ1) is 9.31. The molecule has 0 aromatic heterocycles. The number of carbonyl (C=O) groups excluding carboxylic acids is 1. The number of benzene rings is 1. The van der Waals surface area contributed by atoms with E-state index in [4.69, 9.17) is 5.11 Å². The van der Waals surface area contributed by atoms with Crippen LogP contribution in [0.5, 0.6) is 0 Å². The smallest absolute Gasteiger partial charge is 0.325 e. The Bertz CT molecular complexity index is 465. The van der Waals surface area contributed by atoms with Crippen molar-refractivity contribution < 1.29 is 14.7 Å². The zero-order valence-corrected chi connectivity index (χ0v) is 12.5. The van der Waals surface area contributed by atoms with Crippen LogP contribution in [0, 0.1) is 5.92 Å². The van der Waals surface area contributed by atoms with Gasteiger partial charge in [-0.25, -0.2) is 0 Å². The molecule has 0 bridgehead atoms. The van der Waals surface area contributed by atoms with E-state index in [1.54, 1.807) is 6.92 Å². The van der Waals surface area contributed by atoms with Crippen LogP contribution in [-0.4, -0.2) is 23.0 Å². The summed E-state index contributed by atoms with van der Waals surface area (Å²) in [5, 5.41) is 11.3. The summed E-state index contributed by atoms with van der Waals surface area (Å²) in [4.78, 5) is 22.7. The fourth-order valence-electron chi connectivity index (χ4n) is 1.97. The molecule has 0 saturated carbocycles. The van der Waals surface area contributed by atoms with Crippen LogP contribution < -0.4 is 5.32 Å². The Kier molecular flexibility index (Phi) is 5.74. The first kappa shape index (κ1) is 16.2. The summed E-state index contributed by atoms with van der Waals surface area (Å²) in [6, 6.07) is 7.06. The summed E-state index contributed by atoms with van der Waals surface area (Å²) in [5.41, 5.74) is 2.14. The minimum atomic E-state index is -1.03. The molecule has 0 aliphatic heterocycles. The number of rotatable bonds is 6. The summed E-state index contributed by atoms with van der Waals surface area (Å²) in [6.07, 6.45) is 1.01. The van der Waals surface area contributed by atoms with Gasteiger partial charge < -0.3 is 10.4 Å². The molecule has 0 fully saturated rings. The van der Waals surface area contributed by atoms with E-state index < -0.39 is 12.0 Å². The van der Waals surface area contributed by atoms with Gasteiger partial charge in [-0.1, -0.05) is 38.1 Å². The molecule has 1 amide bonds. The normalized spacial score (nSPS) is 13.8. The molecule has 1 aromatic rings.